The van der Waals surface area contributed by atoms with Gasteiger partial charge in [-0.2, -0.15) is 0 Å². The van der Waals surface area contributed by atoms with Crippen LogP contribution in [0.25, 0.3) is 5.69 Å². The van der Waals surface area contributed by atoms with Crippen LogP contribution in [0.5, 0.6) is 5.75 Å². The van der Waals surface area contributed by atoms with Crippen molar-refractivity contribution in [2.45, 2.75) is 12.3 Å². The van der Waals surface area contributed by atoms with Gasteiger partial charge in [-0.15, -0.1) is 0 Å². The van der Waals surface area contributed by atoms with Crippen LogP contribution >= 0.6 is 0 Å². The van der Waals surface area contributed by atoms with E-state index in [0.717, 1.165) is 23.4 Å². The lowest BCUT2D eigenvalue weighted by atomic mass is 9.96. The predicted octanol–water partition coefficient (Wildman–Crippen LogP) is 3.06. The van der Waals surface area contributed by atoms with Gasteiger partial charge in [-0.1, -0.05) is 12.1 Å². The van der Waals surface area contributed by atoms with E-state index in [0.29, 0.717) is 24.3 Å². The molecule has 2 heterocycles. The van der Waals surface area contributed by atoms with Crippen molar-refractivity contribution in [3.05, 3.63) is 83.7 Å². The minimum Gasteiger partial charge on any atom is -0.493 e. The van der Waals surface area contributed by atoms with Crippen molar-refractivity contribution in [3.8, 4) is 11.4 Å². The van der Waals surface area contributed by atoms with Gasteiger partial charge in [0.05, 0.1) is 17.9 Å². The van der Waals surface area contributed by atoms with Crippen molar-refractivity contribution >= 4 is 11.7 Å². The lowest BCUT2D eigenvalue weighted by Crippen LogP contribution is -2.27. The zero-order valence-corrected chi connectivity index (χ0v) is 15.4. The fraction of sp³-hybridized carbons (Fsp3) is 0.182. The van der Waals surface area contributed by atoms with Gasteiger partial charge in [0.2, 0.25) is 0 Å². The Balaban J connectivity index is 1.42. The van der Waals surface area contributed by atoms with Crippen LogP contribution in [0.4, 0.5) is 0 Å². The van der Waals surface area contributed by atoms with Crippen LogP contribution in [-0.2, 0) is 0 Å². The van der Waals surface area contributed by atoms with E-state index in [2.05, 4.69) is 5.32 Å². The normalized spacial score (nSPS) is 14.9. The molecule has 1 aromatic heterocycles. The molecule has 1 amide bonds. The van der Waals surface area contributed by atoms with Crippen LogP contribution in [-0.4, -0.2) is 29.5 Å². The molecule has 0 fully saturated rings. The molecule has 1 unspecified atom stereocenters. The molecule has 3 aromatic rings. The Morgan fingerprint density at radius 3 is 2.75 bits per heavy atom. The molecule has 6 heteroatoms. The summed E-state index contributed by atoms with van der Waals surface area (Å²) in [5.74, 6) is 0.956. The van der Waals surface area contributed by atoms with E-state index in [9.17, 15) is 4.79 Å². The quantitative estimate of drug-likeness (QED) is 0.457. The van der Waals surface area contributed by atoms with Crippen molar-refractivity contribution in [3.63, 3.8) is 0 Å². The highest BCUT2D eigenvalue weighted by molar-refractivity contribution is 5.97. The van der Waals surface area contributed by atoms with Gasteiger partial charge in [0.25, 0.3) is 5.91 Å². The Morgan fingerprint density at radius 1 is 1.18 bits per heavy atom. The summed E-state index contributed by atoms with van der Waals surface area (Å²) in [5, 5.41) is 10.6. The van der Waals surface area contributed by atoms with Crippen molar-refractivity contribution in [2.75, 3.05) is 13.2 Å². The lowest BCUT2D eigenvalue weighted by Gasteiger charge is -2.13. The maximum atomic E-state index is 12.7. The maximum Gasteiger partial charge on any atom is 0.253 e. The molecular formula is C22H22N4O2. The van der Waals surface area contributed by atoms with Crippen molar-refractivity contribution in [2.24, 2.45) is 5.73 Å². The Hall–Kier alpha value is -3.54. The summed E-state index contributed by atoms with van der Waals surface area (Å²) in [5.41, 5.74) is 8.83. The van der Waals surface area contributed by atoms with Gasteiger partial charge in [-0.3, -0.25) is 10.2 Å². The number of nitrogens with two attached hydrogens (primary N) is 1. The first kappa shape index (κ1) is 17.9. The molecule has 0 aliphatic carbocycles. The third-order valence-corrected chi connectivity index (χ3v) is 5.01. The second kappa shape index (κ2) is 7.60. The van der Waals surface area contributed by atoms with E-state index in [1.54, 1.807) is 6.07 Å². The Morgan fingerprint density at radius 2 is 1.96 bits per heavy atom. The largest absolute Gasteiger partial charge is 0.493 e. The first-order chi connectivity index (χ1) is 13.6. The summed E-state index contributed by atoms with van der Waals surface area (Å²) in [7, 11) is 0. The maximum absolute atomic E-state index is 12.7. The Bertz CT molecular complexity index is 1010. The van der Waals surface area contributed by atoms with E-state index in [4.69, 9.17) is 15.9 Å². The summed E-state index contributed by atoms with van der Waals surface area (Å²) >= 11 is 0. The molecule has 1 aliphatic rings. The molecule has 142 valence electrons. The zero-order valence-electron chi connectivity index (χ0n) is 15.4. The van der Waals surface area contributed by atoms with Crippen molar-refractivity contribution < 1.29 is 9.53 Å². The number of para-hydroxylation sites is 1. The standard InChI is InChI=1S/C22H22N4O2/c23-21(24)15-7-8-20-18(13-15)16(14-28-20)9-10-25-22(27)17-5-1-2-6-19(17)26-11-3-4-12-26/h1-8,11-13,16H,9-10,14H2,(H3,23,24)(H,25,27). The molecule has 0 spiro atoms. The first-order valence-electron chi connectivity index (χ1n) is 9.25. The third-order valence-electron chi connectivity index (χ3n) is 5.01. The summed E-state index contributed by atoms with van der Waals surface area (Å²) in [4.78, 5) is 12.7. The van der Waals surface area contributed by atoms with Crippen LogP contribution in [0.2, 0.25) is 0 Å². The van der Waals surface area contributed by atoms with Gasteiger partial charge < -0.3 is 20.4 Å². The van der Waals surface area contributed by atoms with Gasteiger partial charge in [-0.05, 0) is 48.9 Å². The topological polar surface area (TPSA) is 93.1 Å². The molecule has 0 bridgehead atoms. The fourth-order valence-electron chi connectivity index (χ4n) is 3.53. The van der Waals surface area contributed by atoms with Gasteiger partial charge in [0.1, 0.15) is 11.6 Å². The van der Waals surface area contributed by atoms with Crippen LogP contribution in [0.15, 0.2) is 67.0 Å². The number of ether oxygens (including phenoxy) is 1. The number of carbonyl (C=O) groups is 1. The third kappa shape index (κ3) is 3.49. The van der Waals surface area contributed by atoms with Crippen molar-refractivity contribution in [1.29, 1.82) is 5.41 Å². The molecule has 0 radical (unpaired) electrons. The average molecular weight is 374 g/mol. The van der Waals surface area contributed by atoms with Gasteiger partial charge in [-0.25, -0.2) is 0 Å². The number of carbonyl (C=O) groups excluding carboxylic acids is 1. The first-order valence-corrected chi connectivity index (χ1v) is 9.25. The van der Waals surface area contributed by atoms with Gasteiger partial charge in [0.15, 0.2) is 0 Å². The monoisotopic (exact) mass is 374 g/mol. The number of rotatable bonds is 6. The number of benzene rings is 2. The Labute approximate surface area is 163 Å². The number of hydrogen-bond acceptors (Lipinski definition) is 3. The summed E-state index contributed by atoms with van der Waals surface area (Å²) in [6, 6.07) is 17.0. The highest BCUT2D eigenvalue weighted by Gasteiger charge is 2.24. The van der Waals surface area contributed by atoms with Crippen LogP contribution in [0.3, 0.4) is 0 Å². The molecule has 4 N–H and O–H groups in total. The molecule has 1 aliphatic heterocycles. The molecule has 4 rings (SSSR count). The summed E-state index contributed by atoms with van der Waals surface area (Å²) in [6.45, 7) is 1.11. The lowest BCUT2D eigenvalue weighted by molar-refractivity contribution is 0.0952. The molecule has 1 atom stereocenters. The number of amidine groups is 1. The van der Waals surface area contributed by atoms with Crippen molar-refractivity contribution in [1.82, 2.24) is 9.88 Å². The van der Waals surface area contributed by atoms with Crippen LogP contribution in [0.1, 0.15) is 33.8 Å². The molecular weight excluding hydrogens is 352 g/mol. The highest BCUT2D eigenvalue weighted by atomic mass is 16.5. The smallest absolute Gasteiger partial charge is 0.253 e. The summed E-state index contributed by atoms with van der Waals surface area (Å²) in [6.07, 6.45) is 4.60. The fourth-order valence-corrected chi connectivity index (χ4v) is 3.53. The van der Waals surface area contributed by atoms with E-state index < -0.39 is 0 Å². The second-order valence-corrected chi connectivity index (χ2v) is 6.83. The summed E-state index contributed by atoms with van der Waals surface area (Å²) < 4.78 is 7.66. The van der Waals surface area contributed by atoms with Gasteiger partial charge >= 0.3 is 0 Å². The number of fused-ring (bicyclic) bond motifs is 1. The molecule has 6 nitrogen and oxygen atoms in total. The number of nitrogens with zero attached hydrogens (tertiary/aromatic N) is 1. The minimum absolute atomic E-state index is 0.0448. The van der Waals surface area contributed by atoms with E-state index in [-0.39, 0.29) is 17.7 Å². The number of aromatic nitrogens is 1. The number of amides is 1. The zero-order chi connectivity index (χ0) is 19.5. The van der Waals surface area contributed by atoms with E-state index >= 15 is 0 Å². The number of nitrogen functional groups attached to an aromatic ring is 1. The number of nitrogens with one attached hydrogen (secondary N) is 2. The average Bonchev–Trinajstić information content (AvgIpc) is 3.38. The predicted molar refractivity (Wildman–Crippen MR) is 108 cm³/mol. The molecule has 0 saturated carbocycles. The SMILES string of the molecule is N=C(N)c1ccc2c(c1)C(CCNC(=O)c1ccccc1-n1cccc1)CO2. The van der Waals surface area contributed by atoms with Gasteiger partial charge in [0, 0.05) is 36.0 Å². The highest BCUT2D eigenvalue weighted by Crippen LogP contribution is 2.36. The molecule has 28 heavy (non-hydrogen) atoms. The Kier molecular flexibility index (Phi) is 4.85. The van der Waals surface area contributed by atoms with E-state index in [1.165, 1.54) is 0 Å². The molecule has 0 saturated heterocycles. The minimum atomic E-state index is -0.0964. The second-order valence-electron chi connectivity index (χ2n) is 6.83. The van der Waals surface area contributed by atoms with Crippen LogP contribution in [0, 0.1) is 5.41 Å². The molecule has 2 aromatic carbocycles. The van der Waals surface area contributed by atoms with Crippen LogP contribution < -0.4 is 15.8 Å². The number of hydrogen-bond donors (Lipinski definition) is 3. The van der Waals surface area contributed by atoms with E-state index in [1.807, 2.05) is 65.5 Å².